The summed E-state index contributed by atoms with van der Waals surface area (Å²) in [5.41, 5.74) is 0. The molecule has 2 N–H and O–H groups in total. The summed E-state index contributed by atoms with van der Waals surface area (Å²) in [5, 5.41) is 5.77. The second kappa shape index (κ2) is 8.08. The molecule has 1 saturated heterocycles. The van der Waals surface area contributed by atoms with Crippen LogP contribution in [0.5, 0.6) is 0 Å². The molecule has 1 aliphatic rings. The quantitative estimate of drug-likeness (QED) is 0.680. The lowest BCUT2D eigenvalue weighted by Crippen LogP contribution is -2.48. The van der Waals surface area contributed by atoms with Gasteiger partial charge in [0.15, 0.2) is 0 Å². The van der Waals surface area contributed by atoms with Gasteiger partial charge >= 0.3 is 0 Å². The Balaban J connectivity index is 2.27. The number of hydrogen-bond acceptors (Lipinski definition) is 3. The molecule has 5 nitrogen and oxygen atoms in total. The molecule has 1 unspecified atom stereocenters. The smallest absolute Gasteiger partial charge is 0.244 e. The minimum absolute atomic E-state index is 0.0388. The third-order valence-electron chi connectivity index (χ3n) is 3.25. The van der Waals surface area contributed by atoms with E-state index in [9.17, 15) is 9.59 Å². The standard InChI is InChI=1S/C13H25N3O2/c1-11(15-12(17)7-6-8-14-2)13(18)16-9-4-3-5-10-16/h11,14H,3-10H2,1-2H3,(H,15,17). The zero-order valence-corrected chi connectivity index (χ0v) is 11.5. The second-order valence-corrected chi connectivity index (χ2v) is 4.88. The Hall–Kier alpha value is -1.10. The van der Waals surface area contributed by atoms with Gasteiger partial charge in [-0.15, -0.1) is 0 Å². The molecule has 0 bridgehead atoms. The number of rotatable bonds is 6. The Kier molecular flexibility index (Phi) is 6.72. The van der Waals surface area contributed by atoms with E-state index in [0.717, 1.165) is 38.9 Å². The molecule has 0 radical (unpaired) electrons. The Bertz CT molecular complexity index is 275. The number of piperidine rings is 1. The Morgan fingerprint density at radius 3 is 2.50 bits per heavy atom. The van der Waals surface area contributed by atoms with Gasteiger partial charge in [-0.25, -0.2) is 0 Å². The summed E-state index contributed by atoms with van der Waals surface area (Å²) in [6, 6.07) is -0.398. The highest BCUT2D eigenvalue weighted by molar-refractivity contribution is 5.87. The summed E-state index contributed by atoms with van der Waals surface area (Å²) in [6.45, 7) is 4.26. The van der Waals surface area contributed by atoms with Gasteiger partial charge in [-0.3, -0.25) is 9.59 Å². The third-order valence-corrected chi connectivity index (χ3v) is 3.25. The van der Waals surface area contributed by atoms with Crippen molar-refractivity contribution in [3.8, 4) is 0 Å². The van der Waals surface area contributed by atoms with E-state index in [1.165, 1.54) is 6.42 Å². The molecule has 0 spiro atoms. The minimum Gasteiger partial charge on any atom is -0.345 e. The number of hydrogen-bond donors (Lipinski definition) is 2. The van der Waals surface area contributed by atoms with Crippen LogP contribution in [0.2, 0.25) is 0 Å². The number of carbonyl (C=O) groups is 2. The molecule has 0 aliphatic carbocycles. The first-order chi connectivity index (χ1) is 8.65. The van der Waals surface area contributed by atoms with Gasteiger partial charge in [0, 0.05) is 19.5 Å². The van der Waals surface area contributed by atoms with E-state index in [1.807, 2.05) is 11.9 Å². The molecule has 5 heteroatoms. The van der Waals surface area contributed by atoms with Crippen LogP contribution in [-0.4, -0.2) is 49.4 Å². The third kappa shape index (κ3) is 5.04. The molecular formula is C13H25N3O2. The van der Waals surface area contributed by atoms with E-state index >= 15 is 0 Å². The van der Waals surface area contributed by atoms with Crippen molar-refractivity contribution in [1.82, 2.24) is 15.5 Å². The highest BCUT2D eigenvalue weighted by Gasteiger charge is 2.22. The van der Waals surface area contributed by atoms with Gasteiger partial charge in [-0.2, -0.15) is 0 Å². The molecule has 1 atom stereocenters. The fraction of sp³-hybridized carbons (Fsp3) is 0.846. The summed E-state index contributed by atoms with van der Waals surface area (Å²) in [7, 11) is 1.86. The van der Waals surface area contributed by atoms with Crippen LogP contribution in [0.1, 0.15) is 39.0 Å². The van der Waals surface area contributed by atoms with Crippen molar-refractivity contribution >= 4 is 11.8 Å². The number of amides is 2. The maximum absolute atomic E-state index is 12.1. The van der Waals surface area contributed by atoms with E-state index in [1.54, 1.807) is 6.92 Å². The van der Waals surface area contributed by atoms with Crippen LogP contribution < -0.4 is 10.6 Å². The van der Waals surface area contributed by atoms with Crippen molar-refractivity contribution in [3.63, 3.8) is 0 Å². The molecule has 1 heterocycles. The minimum atomic E-state index is -0.398. The van der Waals surface area contributed by atoms with Crippen LogP contribution in [0.4, 0.5) is 0 Å². The topological polar surface area (TPSA) is 61.4 Å². The first-order valence-corrected chi connectivity index (χ1v) is 6.88. The Morgan fingerprint density at radius 2 is 1.89 bits per heavy atom. The summed E-state index contributed by atoms with van der Waals surface area (Å²) >= 11 is 0. The second-order valence-electron chi connectivity index (χ2n) is 4.88. The normalized spacial score (nSPS) is 17.3. The molecule has 1 aliphatic heterocycles. The molecule has 104 valence electrons. The van der Waals surface area contributed by atoms with Crippen LogP contribution in [0.25, 0.3) is 0 Å². The lowest BCUT2D eigenvalue weighted by atomic mass is 10.1. The number of carbonyl (C=O) groups excluding carboxylic acids is 2. The van der Waals surface area contributed by atoms with Gasteiger partial charge in [-0.05, 0) is 46.2 Å². The van der Waals surface area contributed by atoms with Gasteiger partial charge in [0.2, 0.25) is 11.8 Å². The molecule has 2 amide bonds. The number of nitrogens with zero attached hydrogens (tertiary/aromatic N) is 1. The van der Waals surface area contributed by atoms with E-state index in [-0.39, 0.29) is 11.8 Å². The molecule has 1 fully saturated rings. The highest BCUT2D eigenvalue weighted by Crippen LogP contribution is 2.09. The predicted octanol–water partition coefficient (Wildman–Crippen LogP) is 0.503. The van der Waals surface area contributed by atoms with Gasteiger partial charge in [0.1, 0.15) is 6.04 Å². The van der Waals surface area contributed by atoms with Crippen molar-refractivity contribution in [3.05, 3.63) is 0 Å². The SMILES string of the molecule is CNCCCC(=O)NC(C)C(=O)N1CCCCC1. The molecule has 0 aromatic carbocycles. The van der Waals surface area contributed by atoms with E-state index < -0.39 is 6.04 Å². The predicted molar refractivity (Wildman–Crippen MR) is 71.2 cm³/mol. The van der Waals surface area contributed by atoms with Crippen molar-refractivity contribution < 1.29 is 9.59 Å². The summed E-state index contributed by atoms with van der Waals surface area (Å²) < 4.78 is 0. The Morgan fingerprint density at radius 1 is 1.22 bits per heavy atom. The number of likely N-dealkylation sites (tertiary alicyclic amines) is 1. The largest absolute Gasteiger partial charge is 0.345 e. The zero-order chi connectivity index (χ0) is 13.4. The van der Waals surface area contributed by atoms with E-state index in [2.05, 4.69) is 10.6 Å². The van der Waals surface area contributed by atoms with E-state index in [4.69, 9.17) is 0 Å². The van der Waals surface area contributed by atoms with Gasteiger partial charge in [0.05, 0.1) is 0 Å². The van der Waals surface area contributed by atoms with Crippen molar-refractivity contribution in [1.29, 1.82) is 0 Å². The van der Waals surface area contributed by atoms with Crippen LogP contribution in [-0.2, 0) is 9.59 Å². The Labute approximate surface area is 109 Å². The average molecular weight is 255 g/mol. The van der Waals surface area contributed by atoms with E-state index in [0.29, 0.717) is 6.42 Å². The summed E-state index contributed by atoms with van der Waals surface area (Å²) in [5.74, 6) is 0.0137. The average Bonchev–Trinajstić information content (AvgIpc) is 2.39. The molecule has 0 aromatic heterocycles. The first kappa shape index (κ1) is 15.0. The van der Waals surface area contributed by atoms with Crippen molar-refractivity contribution in [2.45, 2.75) is 45.1 Å². The van der Waals surface area contributed by atoms with Crippen LogP contribution >= 0.6 is 0 Å². The van der Waals surface area contributed by atoms with Crippen LogP contribution in [0, 0.1) is 0 Å². The molecule has 0 aromatic rings. The molecule has 1 rings (SSSR count). The molecule has 18 heavy (non-hydrogen) atoms. The maximum atomic E-state index is 12.1. The van der Waals surface area contributed by atoms with Crippen molar-refractivity contribution in [2.24, 2.45) is 0 Å². The van der Waals surface area contributed by atoms with Crippen LogP contribution in [0.15, 0.2) is 0 Å². The lowest BCUT2D eigenvalue weighted by molar-refractivity contribution is -0.136. The van der Waals surface area contributed by atoms with Gasteiger partial charge in [-0.1, -0.05) is 0 Å². The number of nitrogens with one attached hydrogen (secondary N) is 2. The van der Waals surface area contributed by atoms with Crippen LogP contribution in [0.3, 0.4) is 0 Å². The highest BCUT2D eigenvalue weighted by atomic mass is 16.2. The zero-order valence-electron chi connectivity index (χ0n) is 11.5. The summed E-state index contributed by atoms with van der Waals surface area (Å²) in [6.07, 6.45) is 4.63. The molecular weight excluding hydrogens is 230 g/mol. The summed E-state index contributed by atoms with van der Waals surface area (Å²) in [4.78, 5) is 25.5. The first-order valence-electron chi connectivity index (χ1n) is 6.88. The maximum Gasteiger partial charge on any atom is 0.244 e. The monoisotopic (exact) mass is 255 g/mol. The molecule has 0 saturated carbocycles. The lowest BCUT2D eigenvalue weighted by Gasteiger charge is -2.29. The van der Waals surface area contributed by atoms with Crippen molar-refractivity contribution in [2.75, 3.05) is 26.7 Å². The van der Waals surface area contributed by atoms with Gasteiger partial charge < -0.3 is 15.5 Å². The van der Waals surface area contributed by atoms with Gasteiger partial charge in [0.25, 0.3) is 0 Å². The fourth-order valence-electron chi connectivity index (χ4n) is 2.19. The fourth-order valence-corrected chi connectivity index (χ4v) is 2.19.